The zero-order chi connectivity index (χ0) is 19.1. The van der Waals surface area contributed by atoms with Gasteiger partial charge in [0.05, 0.1) is 15.7 Å². The standard InChI is InChI=1S/C21H25NO4S.ClH/c23-18-5-7-19(8-6-18)27(25,26)20-9-11-22(15-20)12-10-21(24)13-16-3-1-2-4-17(16)14-21;/h1-8,20,23-24H,9-15H2;1H. The molecule has 1 heterocycles. The smallest absolute Gasteiger partial charge is 0.182 e. The van der Waals surface area contributed by atoms with Gasteiger partial charge in [0, 0.05) is 25.9 Å². The molecule has 28 heavy (non-hydrogen) atoms. The summed E-state index contributed by atoms with van der Waals surface area (Å²) in [6, 6.07) is 13.9. The Morgan fingerprint density at radius 3 is 2.25 bits per heavy atom. The maximum Gasteiger partial charge on any atom is 0.182 e. The molecular weight excluding hydrogens is 398 g/mol. The number of hydrogen-bond acceptors (Lipinski definition) is 5. The molecule has 0 bridgehead atoms. The fourth-order valence-corrected chi connectivity index (χ4v) is 6.02. The Balaban J connectivity index is 0.00000225. The summed E-state index contributed by atoms with van der Waals surface area (Å²) in [5.74, 6) is 0.0628. The molecule has 5 nitrogen and oxygen atoms in total. The van der Waals surface area contributed by atoms with Crippen LogP contribution >= 0.6 is 12.4 Å². The van der Waals surface area contributed by atoms with Gasteiger partial charge in [0.15, 0.2) is 9.84 Å². The van der Waals surface area contributed by atoms with Crippen molar-refractivity contribution in [2.24, 2.45) is 0 Å². The van der Waals surface area contributed by atoms with Gasteiger partial charge in [-0.3, -0.25) is 0 Å². The number of halogens is 1. The molecule has 1 saturated heterocycles. The largest absolute Gasteiger partial charge is 0.508 e. The summed E-state index contributed by atoms with van der Waals surface area (Å²) in [6.07, 6.45) is 2.59. The lowest BCUT2D eigenvalue weighted by Crippen LogP contribution is -2.36. The van der Waals surface area contributed by atoms with Gasteiger partial charge in [-0.1, -0.05) is 24.3 Å². The fourth-order valence-electron chi connectivity index (χ4n) is 4.30. The van der Waals surface area contributed by atoms with Crippen LogP contribution in [0.25, 0.3) is 0 Å². The molecule has 7 heteroatoms. The second kappa shape index (κ2) is 8.03. The Bertz CT molecular complexity index is 905. The van der Waals surface area contributed by atoms with E-state index in [0.717, 1.165) is 6.54 Å². The molecule has 0 saturated carbocycles. The summed E-state index contributed by atoms with van der Waals surface area (Å²) >= 11 is 0. The first kappa shape index (κ1) is 21.1. The van der Waals surface area contributed by atoms with Crippen molar-refractivity contribution in [2.45, 2.75) is 41.4 Å². The van der Waals surface area contributed by atoms with Crippen LogP contribution in [0.5, 0.6) is 5.75 Å². The Morgan fingerprint density at radius 1 is 1.04 bits per heavy atom. The van der Waals surface area contributed by atoms with E-state index >= 15 is 0 Å². The van der Waals surface area contributed by atoms with Gasteiger partial charge in [0.25, 0.3) is 0 Å². The van der Waals surface area contributed by atoms with E-state index in [9.17, 15) is 18.6 Å². The van der Waals surface area contributed by atoms with Crippen LogP contribution in [0.4, 0.5) is 0 Å². The van der Waals surface area contributed by atoms with Gasteiger partial charge in [-0.15, -0.1) is 12.4 Å². The van der Waals surface area contributed by atoms with Gasteiger partial charge < -0.3 is 15.1 Å². The molecule has 1 aliphatic heterocycles. The van der Waals surface area contributed by atoms with Gasteiger partial charge in [-0.05, 0) is 54.8 Å². The van der Waals surface area contributed by atoms with Crippen LogP contribution in [-0.2, 0) is 22.7 Å². The number of nitrogens with zero attached hydrogens (tertiary/aromatic N) is 1. The zero-order valence-electron chi connectivity index (χ0n) is 15.6. The maximum absolute atomic E-state index is 12.8. The third kappa shape index (κ3) is 4.20. The van der Waals surface area contributed by atoms with Gasteiger partial charge in [-0.2, -0.15) is 0 Å². The molecule has 2 aromatic carbocycles. The number of rotatable bonds is 5. The van der Waals surface area contributed by atoms with Crippen molar-refractivity contribution in [1.82, 2.24) is 4.90 Å². The Kier molecular flexibility index (Phi) is 6.05. The van der Waals surface area contributed by atoms with E-state index in [4.69, 9.17) is 0 Å². The highest BCUT2D eigenvalue weighted by Crippen LogP contribution is 2.33. The van der Waals surface area contributed by atoms with Crippen LogP contribution in [0.15, 0.2) is 53.4 Å². The SMILES string of the molecule is Cl.O=S(=O)(c1ccc(O)cc1)C1CCN(CCC2(O)Cc3ccccc3C2)C1. The molecule has 1 fully saturated rings. The molecule has 152 valence electrons. The lowest BCUT2D eigenvalue weighted by atomic mass is 9.96. The number of fused-ring (bicyclic) bond motifs is 1. The fraction of sp³-hybridized carbons (Fsp3) is 0.429. The Hall–Kier alpha value is -1.60. The molecule has 4 rings (SSSR count). The van der Waals surface area contributed by atoms with Gasteiger partial charge in [-0.25, -0.2) is 8.42 Å². The van der Waals surface area contributed by atoms with E-state index in [2.05, 4.69) is 17.0 Å². The van der Waals surface area contributed by atoms with E-state index in [1.54, 1.807) is 0 Å². The van der Waals surface area contributed by atoms with Crippen LogP contribution in [0.2, 0.25) is 0 Å². The molecule has 1 unspecified atom stereocenters. The average Bonchev–Trinajstić information content (AvgIpc) is 3.24. The maximum atomic E-state index is 12.8. The van der Waals surface area contributed by atoms with Crippen LogP contribution in [0.3, 0.4) is 0 Å². The molecule has 1 aliphatic carbocycles. The number of phenols is 1. The molecule has 0 spiro atoms. The van der Waals surface area contributed by atoms with Crippen molar-refractivity contribution >= 4 is 22.2 Å². The molecular formula is C21H26ClNO4S. The van der Waals surface area contributed by atoms with E-state index in [1.807, 2.05) is 12.1 Å². The van der Waals surface area contributed by atoms with Crippen LogP contribution in [-0.4, -0.2) is 54.0 Å². The van der Waals surface area contributed by atoms with Crippen LogP contribution < -0.4 is 0 Å². The van der Waals surface area contributed by atoms with Gasteiger partial charge in [0.2, 0.25) is 0 Å². The monoisotopic (exact) mass is 423 g/mol. The van der Waals surface area contributed by atoms with E-state index in [0.29, 0.717) is 38.8 Å². The second-order valence-corrected chi connectivity index (χ2v) is 10.1. The molecule has 2 aliphatic rings. The van der Waals surface area contributed by atoms with Crippen molar-refractivity contribution in [3.63, 3.8) is 0 Å². The molecule has 0 radical (unpaired) electrons. The minimum absolute atomic E-state index is 0. The van der Waals surface area contributed by atoms with Crippen molar-refractivity contribution in [2.75, 3.05) is 19.6 Å². The third-order valence-electron chi connectivity index (χ3n) is 5.88. The number of likely N-dealkylation sites (tertiary alicyclic amines) is 1. The highest BCUT2D eigenvalue weighted by molar-refractivity contribution is 7.92. The number of benzene rings is 2. The van der Waals surface area contributed by atoms with E-state index in [-0.39, 0.29) is 23.1 Å². The topological polar surface area (TPSA) is 77.8 Å². The lowest BCUT2D eigenvalue weighted by Gasteiger charge is -2.25. The Labute approximate surface area is 172 Å². The number of aliphatic hydroxyl groups is 1. The van der Waals surface area contributed by atoms with Crippen LogP contribution in [0.1, 0.15) is 24.0 Å². The quantitative estimate of drug-likeness (QED) is 0.772. The minimum atomic E-state index is -3.40. The summed E-state index contributed by atoms with van der Waals surface area (Å²) < 4.78 is 25.6. The minimum Gasteiger partial charge on any atom is -0.508 e. The highest BCUT2D eigenvalue weighted by atomic mass is 35.5. The summed E-state index contributed by atoms with van der Waals surface area (Å²) in [6.45, 7) is 1.92. The number of phenolic OH excluding ortho intramolecular Hbond substituents is 1. The molecule has 1 atom stereocenters. The molecule has 2 N–H and O–H groups in total. The van der Waals surface area contributed by atoms with E-state index < -0.39 is 20.7 Å². The van der Waals surface area contributed by atoms with Crippen molar-refractivity contribution < 1.29 is 18.6 Å². The number of aromatic hydroxyl groups is 1. The summed E-state index contributed by atoms with van der Waals surface area (Å²) in [5.41, 5.74) is 1.71. The first-order valence-corrected chi connectivity index (χ1v) is 10.9. The summed E-state index contributed by atoms with van der Waals surface area (Å²) in [4.78, 5) is 2.40. The molecule has 0 amide bonds. The van der Waals surface area contributed by atoms with Gasteiger partial charge >= 0.3 is 0 Å². The van der Waals surface area contributed by atoms with Crippen molar-refractivity contribution in [3.05, 3.63) is 59.7 Å². The zero-order valence-corrected chi connectivity index (χ0v) is 17.3. The van der Waals surface area contributed by atoms with Crippen molar-refractivity contribution in [1.29, 1.82) is 0 Å². The van der Waals surface area contributed by atoms with Crippen LogP contribution in [0, 0.1) is 0 Å². The number of sulfone groups is 1. The lowest BCUT2D eigenvalue weighted by molar-refractivity contribution is 0.0336. The average molecular weight is 424 g/mol. The summed E-state index contributed by atoms with van der Waals surface area (Å²) in [7, 11) is -3.40. The molecule has 0 aromatic heterocycles. The van der Waals surface area contributed by atoms with E-state index in [1.165, 1.54) is 35.4 Å². The highest BCUT2D eigenvalue weighted by Gasteiger charge is 2.38. The predicted molar refractivity (Wildman–Crippen MR) is 111 cm³/mol. The Morgan fingerprint density at radius 2 is 1.64 bits per heavy atom. The van der Waals surface area contributed by atoms with Gasteiger partial charge in [0.1, 0.15) is 5.75 Å². The third-order valence-corrected chi connectivity index (χ3v) is 8.08. The number of hydrogen-bond donors (Lipinski definition) is 2. The van der Waals surface area contributed by atoms with Crippen molar-refractivity contribution in [3.8, 4) is 5.75 Å². The first-order chi connectivity index (χ1) is 12.9. The normalized spacial score (nSPS) is 21.2. The predicted octanol–water partition coefficient (Wildman–Crippen LogP) is 2.58. The summed E-state index contributed by atoms with van der Waals surface area (Å²) in [5, 5.41) is 19.9. The molecule has 2 aromatic rings. The first-order valence-electron chi connectivity index (χ1n) is 9.40. The second-order valence-electron chi connectivity index (χ2n) is 7.85.